The van der Waals surface area contributed by atoms with Crippen LogP contribution < -0.4 is 5.73 Å². The molecule has 0 atom stereocenters. The van der Waals surface area contributed by atoms with Crippen LogP contribution in [-0.4, -0.2) is 14.8 Å². The number of aromatic nitrogens is 3. The second-order valence-electron chi connectivity index (χ2n) is 5.08. The van der Waals surface area contributed by atoms with Gasteiger partial charge in [0, 0.05) is 12.1 Å². The molecule has 24 heavy (non-hydrogen) atoms. The minimum absolute atomic E-state index is 0.259. The third kappa shape index (κ3) is 3.27. The molecule has 8 heteroatoms. The summed E-state index contributed by atoms with van der Waals surface area (Å²) < 4.78 is 39.7. The number of nitrogens with two attached hydrogens (primary N) is 1. The second kappa shape index (κ2) is 6.26. The molecule has 2 aromatic carbocycles. The van der Waals surface area contributed by atoms with E-state index in [1.54, 1.807) is 18.2 Å². The highest BCUT2D eigenvalue weighted by Crippen LogP contribution is 2.31. The molecule has 1 aromatic heterocycles. The highest BCUT2D eigenvalue weighted by Gasteiger charge is 2.30. The topological polar surface area (TPSA) is 56.7 Å². The molecule has 2 N–H and O–H groups in total. The maximum atomic E-state index is 12.8. The van der Waals surface area contributed by atoms with Crippen LogP contribution in [0.15, 0.2) is 48.8 Å². The summed E-state index contributed by atoms with van der Waals surface area (Å²) in [6, 6.07) is 10.1. The Balaban J connectivity index is 2.00. The lowest BCUT2D eigenvalue weighted by Gasteiger charge is -2.08. The van der Waals surface area contributed by atoms with E-state index in [9.17, 15) is 13.2 Å². The van der Waals surface area contributed by atoms with Crippen LogP contribution in [0.4, 0.5) is 13.2 Å². The summed E-state index contributed by atoms with van der Waals surface area (Å²) in [5.74, 6) is 0.313. The Morgan fingerprint density at radius 1 is 1.12 bits per heavy atom. The normalized spacial score (nSPS) is 11.7. The van der Waals surface area contributed by atoms with E-state index in [4.69, 9.17) is 17.3 Å². The van der Waals surface area contributed by atoms with Gasteiger partial charge in [-0.05, 0) is 35.9 Å². The van der Waals surface area contributed by atoms with E-state index in [1.807, 2.05) is 0 Å². The first kappa shape index (κ1) is 16.5. The molecule has 0 aliphatic rings. The summed E-state index contributed by atoms with van der Waals surface area (Å²) in [6.45, 7) is 0.332. The Bertz CT molecular complexity index is 874. The van der Waals surface area contributed by atoms with Gasteiger partial charge in [-0.3, -0.25) is 0 Å². The molecule has 0 fully saturated rings. The van der Waals surface area contributed by atoms with Crippen molar-refractivity contribution in [3.05, 3.63) is 64.9 Å². The fourth-order valence-corrected chi connectivity index (χ4v) is 2.41. The molecule has 0 aliphatic heterocycles. The van der Waals surface area contributed by atoms with Gasteiger partial charge >= 0.3 is 6.18 Å². The summed E-state index contributed by atoms with van der Waals surface area (Å²) in [5, 5.41) is 4.66. The van der Waals surface area contributed by atoms with E-state index in [-0.39, 0.29) is 5.69 Å². The van der Waals surface area contributed by atoms with Gasteiger partial charge in [0.1, 0.15) is 6.33 Å². The van der Waals surface area contributed by atoms with Crippen LogP contribution >= 0.6 is 11.6 Å². The monoisotopic (exact) mass is 352 g/mol. The molecule has 0 aliphatic carbocycles. The quantitative estimate of drug-likeness (QED) is 0.773. The molecule has 4 nitrogen and oxygen atoms in total. The van der Waals surface area contributed by atoms with Gasteiger partial charge in [-0.2, -0.15) is 13.2 Å². The van der Waals surface area contributed by atoms with Crippen molar-refractivity contribution in [3.8, 4) is 17.1 Å². The van der Waals surface area contributed by atoms with Crippen LogP contribution in [0.2, 0.25) is 5.02 Å². The van der Waals surface area contributed by atoms with Crippen LogP contribution in [0.25, 0.3) is 17.1 Å². The Morgan fingerprint density at radius 2 is 1.92 bits per heavy atom. The van der Waals surface area contributed by atoms with Gasteiger partial charge in [0.15, 0.2) is 5.82 Å². The number of alkyl halides is 3. The first-order chi connectivity index (χ1) is 11.4. The summed E-state index contributed by atoms with van der Waals surface area (Å²) in [6.07, 6.45) is -3.07. The minimum Gasteiger partial charge on any atom is -0.326 e. The molecular weight excluding hydrogens is 341 g/mol. The van der Waals surface area contributed by atoms with Crippen molar-refractivity contribution in [2.24, 2.45) is 5.73 Å². The van der Waals surface area contributed by atoms with Gasteiger partial charge in [-0.1, -0.05) is 23.7 Å². The standard InChI is InChI=1S/C16H12ClF3N4/c17-14-5-4-10(8-21)6-13(14)15-22-9-24(23-15)12-3-1-2-11(7-12)16(18,19)20/h1-7,9H,8,21H2. The molecule has 0 unspecified atom stereocenters. The zero-order valence-electron chi connectivity index (χ0n) is 12.3. The molecule has 0 spiro atoms. The van der Waals surface area contributed by atoms with Gasteiger partial charge in [0.25, 0.3) is 0 Å². The first-order valence-corrected chi connectivity index (χ1v) is 7.34. The molecular formula is C16H12ClF3N4. The van der Waals surface area contributed by atoms with Gasteiger partial charge in [-0.15, -0.1) is 5.10 Å². The number of nitrogens with zero attached hydrogens (tertiary/aromatic N) is 3. The van der Waals surface area contributed by atoms with Crippen molar-refractivity contribution in [2.45, 2.75) is 12.7 Å². The predicted molar refractivity (Wildman–Crippen MR) is 84.7 cm³/mol. The van der Waals surface area contributed by atoms with E-state index in [0.29, 0.717) is 23.0 Å². The molecule has 3 aromatic rings. The van der Waals surface area contributed by atoms with Crippen LogP contribution in [0, 0.1) is 0 Å². The fourth-order valence-electron chi connectivity index (χ4n) is 2.21. The first-order valence-electron chi connectivity index (χ1n) is 6.96. The van der Waals surface area contributed by atoms with Gasteiger partial charge in [0.2, 0.25) is 0 Å². The predicted octanol–water partition coefficient (Wildman–Crippen LogP) is 4.07. The fraction of sp³-hybridized carbons (Fsp3) is 0.125. The van der Waals surface area contributed by atoms with E-state index < -0.39 is 11.7 Å². The van der Waals surface area contributed by atoms with E-state index >= 15 is 0 Å². The third-order valence-corrected chi connectivity index (χ3v) is 3.77. The average molecular weight is 353 g/mol. The van der Waals surface area contributed by atoms with Gasteiger partial charge in [-0.25, -0.2) is 9.67 Å². The summed E-state index contributed by atoms with van der Waals surface area (Å²) in [7, 11) is 0. The highest BCUT2D eigenvalue weighted by atomic mass is 35.5. The molecule has 0 bridgehead atoms. The van der Waals surface area contributed by atoms with Crippen LogP contribution in [0.1, 0.15) is 11.1 Å². The number of benzene rings is 2. The number of hydrogen-bond acceptors (Lipinski definition) is 3. The summed E-state index contributed by atoms with van der Waals surface area (Å²) in [4.78, 5) is 4.14. The number of halogens is 4. The molecule has 0 radical (unpaired) electrons. The maximum Gasteiger partial charge on any atom is 0.416 e. The lowest BCUT2D eigenvalue weighted by Crippen LogP contribution is -2.06. The van der Waals surface area contributed by atoms with Crippen molar-refractivity contribution in [2.75, 3.05) is 0 Å². The van der Waals surface area contributed by atoms with Crippen molar-refractivity contribution in [1.29, 1.82) is 0 Å². The Labute approximate surface area is 140 Å². The molecule has 0 amide bonds. The number of hydrogen-bond donors (Lipinski definition) is 1. The Morgan fingerprint density at radius 3 is 2.62 bits per heavy atom. The third-order valence-electron chi connectivity index (χ3n) is 3.44. The Kier molecular flexibility index (Phi) is 4.29. The molecule has 3 rings (SSSR count). The molecule has 0 saturated carbocycles. The Hall–Kier alpha value is -2.38. The molecule has 1 heterocycles. The SMILES string of the molecule is NCc1ccc(Cl)c(-c2ncn(-c3cccc(C(F)(F)F)c3)n2)c1. The second-order valence-corrected chi connectivity index (χ2v) is 5.49. The van der Waals surface area contributed by atoms with Crippen molar-refractivity contribution in [1.82, 2.24) is 14.8 Å². The van der Waals surface area contributed by atoms with Crippen molar-refractivity contribution in [3.63, 3.8) is 0 Å². The van der Waals surface area contributed by atoms with E-state index in [2.05, 4.69) is 10.1 Å². The van der Waals surface area contributed by atoms with E-state index in [0.717, 1.165) is 17.7 Å². The smallest absolute Gasteiger partial charge is 0.326 e. The van der Waals surface area contributed by atoms with Crippen LogP contribution in [0.3, 0.4) is 0 Å². The van der Waals surface area contributed by atoms with Crippen molar-refractivity contribution >= 4 is 11.6 Å². The van der Waals surface area contributed by atoms with Crippen LogP contribution in [-0.2, 0) is 12.7 Å². The molecule has 124 valence electrons. The zero-order chi connectivity index (χ0) is 17.3. The lowest BCUT2D eigenvalue weighted by molar-refractivity contribution is -0.137. The largest absolute Gasteiger partial charge is 0.416 e. The highest BCUT2D eigenvalue weighted by molar-refractivity contribution is 6.33. The molecule has 0 saturated heterocycles. The summed E-state index contributed by atoms with van der Waals surface area (Å²) >= 11 is 6.15. The van der Waals surface area contributed by atoms with Gasteiger partial charge in [0.05, 0.1) is 16.3 Å². The van der Waals surface area contributed by atoms with Crippen molar-refractivity contribution < 1.29 is 13.2 Å². The zero-order valence-corrected chi connectivity index (χ0v) is 13.0. The van der Waals surface area contributed by atoms with Gasteiger partial charge < -0.3 is 5.73 Å². The van der Waals surface area contributed by atoms with Crippen LogP contribution in [0.5, 0.6) is 0 Å². The number of rotatable bonds is 3. The average Bonchev–Trinajstić information content (AvgIpc) is 3.04. The van der Waals surface area contributed by atoms with E-state index in [1.165, 1.54) is 23.1 Å². The lowest BCUT2D eigenvalue weighted by atomic mass is 10.1. The minimum atomic E-state index is -4.42. The maximum absolute atomic E-state index is 12.8. The summed E-state index contributed by atoms with van der Waals surface area (Å²) in [5.41, 5.74) is 6.54.